The van der Waals surface area contributed by atoms with Crippen molar-refractivity contribution < 1.29 is 0 Å². The summed E-state index contributed by atoms with van der Waals surface area (Å²) in [6, 6.07) is 107. The van der Waals surface area contributed by atoms with E-state index >= 15 is 0 Å². The molecule has 0 aliphatic rings. The number of aromatic nitrogens is 1. The number of nitrogens with zero attached hydrogens (tertiary/aromatic N) is 2. The Kier molecular flexibility index (Phi) is 10.6. The van der Waals surface area contributed by atoms with Gasteiger partial charge in [0, 0.05) is 38.8 Å². The van der Waals surface area contributed by atoms with E-state index in [1.54, 1.807) is 0 Å². The molecule has 0 aliphatic heterocycles. The summed E-state index contributed by atoms with van der Waals surface area (Å²) in [7, 11) is 0. The fourth-order valence-corrected chi connectivity index (χ4v) is 11.4. The van der Waals surface area contributed by atoms with E-state index in [1.165, 1.54) is 93.1 Å². The molecule has 0 saturated heterocycles. The molecule has 14 rings (SSSR count). The highest BCUT2D eigenvalue weighted by molar-refractivity contribution is 6.19. The molecule has 2 heteroatoms. The number of para-hydroxylation sites is 1. The highest BCUT2D eigenvalue weighted by atomic mass is 15.1. The molecule has 13 aromatic carbocycles. The van der Waals surface area contributed by atoms with E-state index in [9.17, 15) is 0 Å². The largest absolute Gasteiger partial charge is 0.310 e. The van der Waals surface area contributed by atoms with Crippen LogP contribution in [0.5, 0.6) is 0 Å². The fraction of sp³-hybridized carbons (Fsp3) is 0. The summed E-state index contributed by atoms with van der Waals surface area (Å²) in [4.78, 5) is 2.40. The van der Waals surface area contributed by atoms with Crippen LogP contribution in [0, 0.1) is 0 Å². The predicted molar refractivity (Wildman–Crippen MR) is 315 cm³/mol. The SMILES string of the molecule is c1ccc(-c2ccc(-c3ccc(N(c4ccc(-c5cccc6ccccc56)cc4)c4cccc(-c5cc(-c6ccccc6)cc6ccccc56)c4)cc3)c(-n3c4ccccc4c4ccc5ccccc5c43)c2)cc1. The molecule has 0 aliphatic carbocycles. The van der Waals surface area contributed by atoms with E-state index in [0.717, 1.165) is 39.4 Å². The molecule has 1 aromatic heterocycles. The van der Waals surface area contributed by atoms with E-state index in [0.29, 0.717) is 0 Å². The average Bonchev–Trinajstić information content (AvgIpc) is 3.82. The first-order chi connectivity index (χ1) is 36.7. The zero-order valence-corrected chi connectivity index (χ0v) is 40.6. The molecule has 0 spiro atoms. The Hall–Kier alpha value is -9.76. The van der Waals surface area contributed by atoms with Crippen LogP contribution in [0.1, 0.15) is 0 Å². The molecule has 74 heavy (non-hydrogen) atoms. The molecule has 1 heterocycles. The van der Waals surface area contributed by atoms with Gasteiger partial charge in [0.15, 0.2) is 0 Å². The Balaban J connectivity index is 0.939. The van der Waals surface area contributed by atoms with Crippen LogP contribution in [-0.2, 0) is 0 Å². The van der Waals surface area contributed by atoms with Crippen LogP contribution in [0.2, 0.25) is 0 Å². The Bertz CT molecular complexity index is 4390. The average molecular weight is 941 g/mol. The quantitative estimate of drug-likeness (QED) is 0.140. The van der Waals surface area contributed by atoms with Crippen molar-refractivity contribution in [2.75, 3.05) is 4.90 Å². The second-order valence-electron chi connectivity index (χ2n) is 19.3. The van der Waals surface area contributed by atoms with Crippen LogP contribution in [0.25, 0.3) is 115 Å². The number of rotatable bonds is 9. The third kappa shape index (κ3) is 7.52. The first-order valence-corrected chi connectivity index (χ1v) is 25.5. The molecule has 0 radical (unpaired) electrons. The molecule has 0 bridgehead atoms. The normalized spacial score (nSPS) is 11.5. The van der Waals surface area contributed by atoms with Crippen LogP contribution < -0.4 is 4.90 Å². The van der Waals surface area contributed by atoms with Crippen molar-refractivity contribution >= 4 is 71.2 Å². The van der Waals surface area contributed by atoms with Crippen LogP contribution in [0.4, 0.5) is 17.1 Å². The monoisotopic (exact) mass is 940 g/mol. The van der Waals surface area contributed by atoms with Crippen LogP contribution in [-0.4, -0.2) is 4.57 Å². The van der Waals surface area contributed by atoms with Gasteiger partial charge in [-0.1, -0.05) is 231 Å². The maximum atomic E-state index is 2.51. The van der Waals surface area contributed by atoms with Gasteiger partial charge in [-0.2, -0.15) is 0 Å². The van der Waals surface area contributed by atoms with E-state index in [2.05, 4.69) is 301 Å². The molecule has 0 fully saturated rings. The number of fused-ring (bicyclic) bond motifs is 7. The molecular weight excluding hydrogens is 893 g/mol. The lowest BCUT2D eigenvalue weighted by Crippen LogP contribution is -2.10. The molecule has 0 atom stereocenters. The second-order valence-corrected chi connectivity index (χ2v) is 19.3. The standard InChI is InChI=1S/C72H48N2/c1-3-17-49(18-4-1)55-38-43-65(71(48-55)74-70-32-14-13-30-67(70)68-44-37-52-22-8-12-29-66(52)72(68)74)54-35-41-60(42-36-54)73(59-39-33-53(34-40-59)63-31-16-24-51-21-7-10-27-62(51)63)61-26-15-25-57(46-61)69-47-58(50-19-5-2-6-20-50)45-56-23-9-11-28-64(56)69/h1-48H. The van der Waals surface area contributed by atoms with Gasteiger partial charge in [-0.05, 0) is 138 Å². The Morgan fingerprint density at radius 2 is 0.757 bits per heavy atom. The minimum absolute atomic E-state index is 1.07. The number of hydrogen-bond donors (Lipinski definition) is 0. The zero-order valence-electron chi connectivity index (χ0n) is 40.6. The van der Waals surface area contributed by atoms with E-state index in [-0.39, 0.29) is 0 Å². The zero-order chi connectivity index (χ0) is 49.0. The van der Waals surface area contributed by atoms with Crippen molar-refractivity contribution in [3.8, 4) is 61.3 Å². The van der Waals surface area contributed by atoms with Crippen LogP contribution in [0.3, 0.4) is 0 Å². The molecule has 0 unspecified atom stereocenters. The lowest BCUT2D eigenvalue weighted by molar-refractivity contribution is 1.19. The first-order valence-electron chi connectivity index (χ1n) is 25.5. The topological polar surface area (TPSA) is 8.17 Å². The predicted octanol–water partition coefficient (Wildman–Crippen LogP) is 20.0. The van der Waals surface area contributed by atoms with Gasteiger partial charge >= 0.3 is 0 Å². The lowest BCUT2D eigenvalue weighted by Gasteiger charge is -2.27. The number of hydrogen-bond acceptors (Lipinski definition) is 1. The first kappa shape index (κ1) is 43.1. The summed E-state index contributed by atoms with van der Waals surface area (Å²) >= 11 is 0. The minimum atomic E-state index is 1.07. The summed E-state index contributed by atoms with van der Waals surface area (Å²) in [5, 5.41) is 9.87. The second kappa shape index (κ2) is 18.1. The molecule has 0 N–H and O–H groups in total. The Morgan fingerprint density at radius 1 is 0.230 bits per heavy atom. The van der Waals surface area contributed by atoms with Crippen LogP contribution in [0.15, 0.2) is 291 Å². The number of anilines is 3. The van der Waals surface area contributed by atoms with Gasteiger partial charge in [0.1, 0.15) is 0 Å². The summed E-state index contributed by atoms with van der Waals surface area (Å²) < 4.78 is 2.51. The summed E-state index contributed by atoms with van der Waals surface area (Å²) in [5.41, 5.74) is 18.6. The van der Waals surface area contributed by atoms with Gasteiger partial charge in [0.2, 0.25) is 0 Å². The van der Waals surface area contributed by atoms with E-state index in [4.69, 9.17) is 0 Å². The molecule has 2 nitrogen and oxygen atoms in total. The highest BCUT2D eigenvalue weighted by Gasteiger charge is 2.21. The van der Waals surface area contributed by atoms with Gasteiger partial charge < -0.3 is 9.47 Å². The van der Waals surface area contributed by atoms with Crippen LogP contribution >= 0.6 is 0 Å². The lowest BCUT2D eigenvalue weighted by atomic mass is 9.92. The fourth-order valence-electron chi connectivity index (χ4n) is 11.4. The third-order valence-electron chi connectivity index (χ3n) is 15.0. The van der Waals surface area contributed by atoms with Gasteiger partial charge in [-0.15, -0.1) is 0 Å². The van der Waals surface area contributed by atoms with Gasteiger partial charge in [-0.25, -0.2) is 0 Å². The maximum Gasteiger partial charge on any atom is 0.0619 e. The molecule has 14 aromatic rings. The Morgan fingerprint density at radius 3 is 1.47 bits per heavy atom. The Labute approximate surface area is 430 Å². The van der Waals surface area contributed by atoms with Crippen molar-refractivity contribution in [2.24, 2.45) is 0 Å². The molecule has 346 valence electrons. The van der Waals surface area contributed by atoms with Gasteiger partial charge in [0.25, 0.3) is 0 Å². The van der Waals surface area contributed by atoms with Gasteiger partial charge in [0.05, 0.1) is 16.7 Å². The molecule has 0 saturated carbocycles. The van der Waals surface area contributed by atoms with Crippen molar-refractivity contribution in [1.29, 1.82) is 0 Å². The molecular formula is C72H48N2. The van der Waals surface area contributed by atoms with Crippen molar-refractivity contribution in [1.82, 2.24) is 4.57 Å². The van der Waals surface area contributed by atoms with Gasteiger partial charge in [-0.3, -0.25) is 0 Å². The van der Waals surface area contributed by atoms with Crippen molar-refractivity contribution in [3.63, 3.8) is 0 Å². The van der Waals surface area contributed by atoms with E-state index < -0.39 is 0 Å². The highest BCUT2D eigenvalue weighted by Crippen LogP contribution is 2.44. The summed E-state index contributed by atoms with van der Waals surface area (Å²) in [6.45, 7) is 0. The third-order valence-corrected chi connectivity index (χ3v) is 15.0. The maximum absolute atomic E-state index is 2.51. The number of benzene rings is 13. The summed E-state index contributed by atoms with van der Waals surface area (Å²) in [6.07, 6.45) is 0. The molecule has 0 amide bonds. The summed E-state index contributed by atoms with van der Waals surface area (Å²) in [5.74, 6) is 0. The smallest absolute Gasteiger partial charge is 0.0619 e. The van der Waals surface area contributed by atoms with Crippen molar-refractivity contribution in [2.45, 2.75) is 0 Å². The minimum Gasteiger partial charge on any atom is -0.310 e. The van der Waals surface area contributed by atoms with Crippen molar-refractivity contribution in [3.05, 3.63) is 291 Å². The van der Waals surface area contributed by atoms with E-state index in [1.807, 2.05) is 0 Å².